The fraction of sp³-hybridized carbons (Fsp3) is 0.150. The van der Waals surface area contributed by atoms with Crippen molar-refractivity contribution in [3.63, 3.8) is 0 Å². The van der Waals surface area contributed by atoms with Crippen molar-refractivity contribution in [3.8, 4) is 11.9 Å². The van der Waals surface area contributed by atoms with Gasteiger partial charge in [-0.25, -0.2) is 38.7 Å². The molecular weight excluding hydrogens is 715 g/mol. The van der Waals surface area contributed by atoms with E-state index in [-0.39, 0.29) is 23.7 Å². The smallest absolute Gasteiger partial charge is 0.237 e. The summed E-state index contributed by atoms with van der Waals surface area (Å²) in [6, 6.07) is 17.2. The van der Waals surface area contributed by atoms with Crippen molar-refractivity contribution in [1.82, 2.24) is 68.1 Å². The summed E-state index contributed by atoms with van der Waals surface area (Å²) in [5.41, 5.74) is 7.78. The Hall–Kier alpha value is -7.36. The van der Waals surface area contributed by atoms with Crippen molar-refractivity contribution in [2.45, 2.75) is 38.8 Å². The highest BCUT2D eigenvalue weighted by atomic mass is 19.1. The molecule has 0 saturated carbocycles. The van der Waals surface area contributed by atoms with Gasteiger partial charge < -0.3 is 9.13 Å². The maximum atomic E-state index is 13.7. The van der Waals surface area contributed by atoms with Crippen molar-refractivity contribution < 1.29 is 8.78 Å². The van der Waals surface area contributed by atoms with E-state index in [1.54, 1.807) is 71.4 Å². The third kappa shape index (κ3) is 6.68. The minimum absolute atomic E-state index is 0.133. The van der Waals surface area contributed by atoms with Crippen LogP contribution in [0.5, 0.6) is 0 Å². The van der Waals surface area contributed by atoms with Crippen molar-refractivity contribution >= 4 is 44.4 Å². The zero-order chi connectivity index (χ0) is 38.2. The first-order valence-corrected chi connectivity index (χ1v) is 17.8. The Kier molecular flexibility index (Phi) is 8.89. The molecule has 10 rings (SSSR count). The minimum atomic E-state index is -0.328. The van der Waals surface area contributed by atoms with Gasteiger partial charge in [-0.05, 0) is 74.2 Å². The third-order valence-electron chi connectivity index (χ3n) is 9.51. The first kappa shape index (κ1) is 34.4. The zero-order valence-corrected chi connectivity index (χ0v) is 30.1. The normalized spacial score (nSPS) is 12.6. The topological polar surface area (TPSA) is 149 Å². The van der Waals surface area contributed by atoms with E-state index in [9.17, 15) is 8.78 Å². The first-order valence-electron chi connectivity index (χ1n) is 17.8. The van der Waals surface area contributed by atoms with Gasteiger partial charge in [-0.15, -0.1) is 0 Å². The molecule has 14 nitrogen and oxygen atoms in total. The molecule has 56 heavy (non-hydrogen) atoms. The summed E-state index contributed by atoms with van der Waals surface area (Å²) in [6.07, 6.45) is 19.0. The molecule has 2 atom stereocenters. The Balaban J connectivity index is 0.000000146. The van der Waals surface area contributed by atoms with E-state index in [1.807, 2.05) is 33.7 Å². The number of fused-ring (bicyclic) bond motifs is 4. The number of hydrogen-bond donors (Lipinski definition) is 0. The minimum Gasteiger partial charge on any atom is -0.312 e. The Morgan fingerprint density at radius 2 is 1.04 bits per heavy atom. The number of imidazole rings is 4. The van der Waals surface area contributed by atoms with Crippen LogP contribution >= 0.6 is 0 Å². The third-order valence-corrected chi connectivity index (χ3v) is 9.51. The van der Waals surface area contributed by atoms with Crippen molar-refractivity contribution in [3.05, 3.63) is 146 Å². The molecule has 0 aliphatic heterocycles. The van der Waals surface area contributed by atoms with Crippen LogP contribution in [0, 0.1) is 11.6 Å². The number of pyridine rings is 2. The second-order valence-electron chi connectivity index (χ2n) is 13.4. The lowest BCUT2D eigenvalue weighted by molar-refractivity contribution is 0.554. The molecule has 2 unspecified atom stereocenters. The van der Waals surface area contributed by atoms with E-state index in [0.29, 0.717) is 34.0 Å². The van der Waals surface area contributed by atoms with Gasteiger partial charge in [-0.1, -0.05) is 12.1 Å². The Morgan fingerprint density at radius 3 is 1.61 bits per heavy atom. The van der Waals surface area contributed by atoms with E-state index in [1.165, 1.54) is 24.3 Å². The van der Waals surface area contributed by atoms with Crippen LogP contribution in [-0.4, -0.2) is 68.1 Å². The number of nitrogens with zero attached hydrogens (tertiary/aromatic N) is 14. The number of aromatic nitrogens is 14. The van der Waals surface area contributed by atoms with Gasteiger partial charge in [0, 0.05) is 49.0 Å². The van der Waals surface area contributed by atoms with Crippen LogP contribution < -0.4 is 0 Å². The molecule has 0 aliphatic rings. The highest BCUT2D eigenvalue weighted by molar-refractivity contribution is 5.78. The number of hydrogen-bond acceptors (Lipinski definition) is 10. The predicted molar refractivity (Wildman–Crippen MR) is 205 cm³/mol. The highest BCUT2D eigenvalue weighted by Crippen LogP contribution is 2.24. The summed E-state index contributed by atoms with van der Waals surface area (Å²) < 4.78 is 34.6. The van der Waals surface area contributed by atoms with E-state index in [4.69, 9.17) is 9.97 Å². The quantitative estimate of drug-likeness (QED) is 0.159. The van der Waals surface area contributed by atoms with Gasteiger partial charge in [0.25, 0.3) is 0 Å². The number of benzene rings is 2. The molecule has 0 bridgehead atoms. The summed E-state index contributed by atoms with van der Waals surface area (Å²) in [4.78, 5) is 44.0. The van der Waals surface area contributed by atoms with Crippen molar-refractivity contribution in [2.75, 3.05) is 0 Å². The summed E-state index contributed by atoms with van der Waals surface area (Å²) in [5, 5.41) is 0. The Morgan fingerprint density at radius 1 is 0.518 bits per heavy atom. The summed E-state index contributed by atoms with van der Waals surface area (Å²) in [5.74, 6) is 0.245. The monoisotopic (exact) mass is 746 g/mol. The number of halogens is 2. The Labute approximate surface area is 317 Å². The molecular formula is C40H32F2N14. The summed E-state index contributed by atoms with van der Waals surface area (Å²) in [7, 11) is 0. The predicted octanol–water partition coefficient (Wildman–Crippen LogP) is 7.01. The van der Waals surface area contributed by atoms with Gasteiger partial charge in [-0.3, -0.25) is 19.1 Å². The molecule has 0 fully saturated rings. The molecule has 8 aromatic heterocycles. The van der Waals surface area contributed by atoms with E-state index < -0.39 is 0 Å². The van der Waals surface area contributed by atoms with Crippen LogP contribution in [0.1, 0.15) is 37.1 Å². The second kappa shape index (κ2) is 14.5. The molecule has 0 saturated heterocycles. The maximum absolute atomic E-state index is 13.7. The molecule has 16 heteroatoms. The molecule has 8 heterocycles. The van der Waals surface area contributed by atoms with Gasteiger partial charge in [-0.2, -0.15) is 9.97 Å². The number of rotatable bonds is 8. The average Bonchev–Trinajstić information content (AvgIpc) is 4.03. The second-order valence-corrected chi connectivity index (χ2v) is 13.4. The van der Waals surface area contributed by atoms with Crippen LogP contribution in [0.3, 0.4) is 0 Å². The summed E-state index contributed by atoms with van der Waals surface area (Å²) >= 11 is 0. The fourth-order valence-electron chi connectivity index (χ4n) is 6.71. The Bertz CT molecular complexity index is 2950. The SMILES string of the molecule is CC(Cc1cccnc1)n1cnc2cnc(-n3cnc4cc(F)ccc43)nc21.CC(Cc1cccnc1)n1cnc2cnc(-n3cnc4ccc(F)cc43)nc21. The van der Waals surface area contributed by atoms with E-state index >= 15 is 0 Å². The van der Waals surface area contributed by atoms with Gasteiger partial charge >= 0.3 is 0 Å². The lowest BCUT2D eigenvalue weighted by Gasteiger charge is -2.14. The van der Waals surface area contributed by atoms with Crippen LogP contribution in [0.4, 0.5) is 8.78 Å². The highest BCUT2D eigenvalue weighted by Gasteiger charge is 2.17. The summed E-state index contributed by atoms with van der Waals surface area (Å²) in [6.45, 7) is 4.23. The lowest BCUT2D eigenvalue weighted by atomic mass is 10.1. The molecule has 0 aliphatic carbocycles. The van der Waals surface area contributed by atoms with Gasteiger partial charge in [0.1, 0.15) is 35.3 Å². The molecule has 0 spiro atoms. The van der Waals surface area contributed by atoms with Gasteiger partial charge in [0.2, 0.25) is 11.9 Å². The lowest BCUT2D eigenvalue weighted by Crippen LogP contribution is -2.09. The zero-order valence-electron chi connectivity index (χ0n) is 30.1. The molecule has 10 aromatic rings. The first-order chi connectivity index (χ1) is 27.4. The van der Waals surface area contributed by atoms with Gasteiger partial charge in [0.15, 0.2) is 11.3 Å². The molecule has 276 valence electrons. The molecule has 0 radical (unpaired) electrons. The largest absolute Gasteiger partial charge is 0.312 e. The molecule has 0 N–H and O–H groups in total. The van der Waals surface area contributed by atoms with Crippen LogP contribution in [0.25, 0.3) is 56.3 Å². The molecule has 2 aromatic carbocycles. The van der Waals surface area contributed by atoms with Crippen LogP contribution in [0.15, 0.2) is 123 Å². The van der Waals surface area contributed by atoms with Crippen LogP contribution in [0.2, 0.25) is 0 Å². The molecule has 0 amide bonds. The van der Waals surface area contributed by atoms with Crippen LogP contribution in [-0.2, 0) is 12.8 Å². The van der Waals surface area contributed by atoms with Gasteiger partial charge in [0.05, 0.1) is 47.1 Å². The van der Waals surface area contributed by atoms with Crippen molar-refractivity contribution in [1.29, 1.82) is 0 Å². The fourth-order valence-corrected chi connectivity index (χ4v) is 6.71. The van der Waals surface area contributed by atoms with E-state index in [2.05, 4.69) is 65.9 Å². The van der Waals surface area contributed by atoms with Crippen molar-refractivity contribution in [2.24, 2.45) is 0 Å². The average molecular weight is 747 g/mol. The standard InChI is InChI=1S/2C20H16FN7/c1-13(7-14-3-2-6-22-9-14)27-11-25-17-10-23-20(26-19(17)27)28-12-24-16-8-15(21)4-5-18(16)28;1-13(7-14-3-2-6-22-9-14)27-11-25-17-10-23-20(26-19(17)27)28-12-24-16-5-4-15(21)8-18(16)28/h2*2-6,8-13H,7H2,1H3. The van der Waals surface area contributed by atoms with E-state index in [0.717, 1.165) is 46.3 Å². The maximum Gasteiger partial charge on any atom is 0.237 e.